The Morgan fingerprint density at radius 2 is 2.05 bits per heavy atom. The highest BCUT2D eigenvalue weighted by Crippen LogP contribution is 2.13. The van der Waals surface area contributed by atoms with E-state index in [1.54, 1.807) is 10.8 Å². The average Bonchev–Trinajstić information content (AvgIpc) is 2.84. The monoisotopic (exact) mass is 268 g/mol. The van der Waals surface area contributed by atoms with Crippen molar-refractivity contribution in [2.24, 2.45) is 0 Å². The fraction of sp³-hybridized carbons (Fsp3) is 0.200. The number of nitrogen functional groups attached to an aromatic ring is 1. The quantitative estimate of drug-likeness (QED) is 0.787. The maximum Gasteiger partial charge on any atom is 0.260 e. The van der Waals surface area contributed by atoms with Gasteiger partial charge in [0.2, 0.25) is 0 Å². The molecular weight excluding hydrogens is 252 g/mol. The zero-order valence-electron chi connectivity index (χ0n) is 11.3. The lowest BCUT2D eigenvalue weighted by Gasteiger charge is -2.11. The molecular formula is C15H16N4O. The number of aryl methyl sites for hydroxylation is 2. The number of hydrogen-bond donors (Lipinski definition) is 1. The van der Waals surface area contributed by atoms with Crippen molar-refractivity contribution in [3.8, 4) is 0 Å². The van der Waals surface area contributed by atoms with Crippen LogP contribution in [0.3, 0.4) is 0 Å². The van der Waals surface area contributed by atoms with Gasteiger partial charge >= 0.3 is 0 Å². The van der Waals surface area contributed by atoms with Gasteiger partial charge in [-0.2, -0.15) is 5.10 Å². The maximum atomic E-state index is 12.4. The zero-order chi connectivity index (χ0) is 14.1. The smallest absolute Gasteiger partial charge is 0.260 e. The summed E-state index contributed by atoms with van der Waals surface area (Å²) in [5, 5.41) is 5.78. The molecule has 3 aromatic rings. The predicted octanol–water partition coefficient (Wildman–Crippen LogP) is 1.79. The van der Waals surface area contributed by atoms with E-state index in [1.807, 2.05) is 48.1 Å². The van der Waals surface area contributed by atoms with E-state index in [0.29, 0.717) is 24.3 Å². The van der Waals surface area contributed by atoms with Crippen molar-refractivity contribution in [1.29, 1.82) is 0 Å². The molecule has 0 saturated carbocycles. The Hall–Kier alpha value is -2.56. The standard InChI is InChI=1S/C15H16N4O/c1-11-9-17-18(10-11)6-7-19-14(16)8-12-4-2-3-5-13(12)15(19)20/h2-5,8-10H,6-7,16H2,1H3. The maximum absolute atomic E-state index is 12.4. The molecule has 0 bridgehead atoms. The number of nitrogens with two attached hydrogens (primary N) is 1. The number of pyridine rings is 1. The minimum atomic E-state index is -0.0514. The van der Waals surface area contributed by atoms with E-state index in [9.17, 15) is 4.79 Å². The van der Waals surface area contributed by atoms with Crippen molar-refractivity contribution in [1.82, 2.24) is 14.3 Å². The van der Waals surface area contributed by atoms with Crippen LogP contribution in [0, 0.1) is 6.92 Å². The van der Waals surface area contributed by atoms with Crippen LogP contribution in [0.1, 0.15) is 5.56 Å². The molecule has 5 heteroatoms. The first-order chi connectivity index (χ1) is 9.65. The van der Waals surface area contributed by atoms with Gasteiger partial charge in [0.25, 0.3) is 5.56 Å². The van der Waals surface area contributed by atoms with Crippen LogP contribution >= 0.6 is 0 Å². The third-order valence-electron chi connectivity index (χ3n) is 3.37. The molecule has 2 heterocycles. The zero-order valence-corrected chi connectivity index (χ0v) is 11.3. The lowest BCUT2D eigenvalue weighted by molar-refractivity contribution is 0.529. The van der Waals surface area contributed by atoms with Gasteiger partial charge in [0, 0.05) is 18.1 Å². The van der Waals surface area contributed by atoms with Crippen LogP contribution in [-0.4, -0.2) is 14.3 Å². The molecule has 0 aliphatic heterocycles. The summed E-state index contributed by atoms with van der Waals surface area (Å²) in [5.41, 5.74) is 7.04. The fourth-order valence-corrected chi connectivity index (χ4v) is 2.34. The van der Waals surface area contributed by atoms with Gasteiger partial charge in [-0.3, -0.25) is 14.0 Å². The molecule has 0 saturated heterocycles. The second kappa shape index (κ2) is 4.85. The van der Waals surface area contributed by atoms with E-state index in [2.05, 4.69) is 5.10 Å². The summed E-state index contributed by atoms with van der Waals surface area (Å²) >= 11 is 0. The van der Waals surface area contributed by atoms with Crippen molar-refractivity contribution in [2.75, 3.05) is 5.73 Å². The summed E-state index contributed by atoms with van der Waals surface area (Å²) in [6, 6.07) is 9.32. The number of benzene rings is 1. The van der Waals surface area contributed by atoms with E-state index < -0.39 is 0 Å². The normalized spacial score (nSPS) is 11.1. The Balaban J connectivity index is 1.97. The van der Waals surface area contributed by atoms with Gasteiger partial charge in [-0.15, -0.1) is 0 Å². The van der Waals surface area contributed by atoms with E-state index in [1.165, 1.54) is 0 Å². The summed E-state index contributed by atoms with van der Waals surface area (Å²) in [6.07, 6.45) is 3.74. The van der Waals surface area contributed by atoms with Gasteiger partial charge in [0.1, 0.15) is 5.82 Å². The highest BCUT2D eigenvalue weighted by molar-refractivity contribution is 5.83. The number of rotatable bonds is 3. The summed E-state index contributed by atoms with van der Waals surface area (Å²) in [7, 11) is 0. The van der Waals surface area contributed by atoms with Gasteiger partial charge in [-0.05, 0) is 30.0 Å². The third kappa shape index (κ3) is 2.18. The van der Waals surface area contributed by atoms with Crippen LogP contribution in [0.15, 0.2) is 47.5 Å². The Morgan fingerprint density at radius 3 is 2.80 bits per heavy atom. The third-order valence-corrected chi connectivity index (χ3v) is 3.37. The number of anilines is 1. The second-order valence-corrected chi connectivity index (χ2v) is 4.89. The van der Waals surface area contributed by atoms with E-state index in [0.717, 1.165) is 10.9 Å². The molecule has 2 aromatic heterocycles. The largest absolute Gasteiger partial charge is 0.385 e. The van der Waals surface area contributed by atoms with E-state index in [-0.39, 0.29) is 5.56 Å². The summed E-state index contributed by atoms with van der Waals surface area (Å²) in [6.45, 7) is 3.12. The molecule has 3 rings (SSSR count). The summed E-state index contributed by atoms with van der Waals surface area (Å²) < 4.78 is 3.41. The summed E-state index contributed by atoms with van der Waals surface area (Å²) in [5.74, 6) is 0.484. The SMILES string of the molecule is Cc1cnn(CCn2c(N)cc3ccccc3c2=O)c1. The molecule has 2 N–H and O–H groups in total. The first kappa shape index (κ1) is 12.5. The first-order valence-corrected chi connectivity index (χ1v) is 6.52. The molecule has 0 aliphatic rings. The van der Waals surface area contributed by atoms with Crippen molar-refractivity contribution >= 4 is 16.6 Å². The Labute approximate surface area is 116 Å². The Morgan fingerprint density at radius 1 is 1.25 bits per heavy atom. The van der Waals surface area contributed by atoms with Crippen molar-refractivity contribution in [3.63, 3.8) is 0 Å². The summed E-state index contributed by atoms with van der Waals surface area (Å²) in [4.78, 5) is 12.4. The minimum absolute atomic E-state index is 0.0514. The minimum Gasteiger partial charge on any atom is -0.385 e. The molecule has 0 atom stereocenters. The van der Waals surface area contributed by atoms with Gasteiger partial charge in [0.15, 0.2) is 0 Å². The molecule has 0 amide bonds. The van der Waals surface area contributed by atoms with Gasteiger partial charge in [0.05, 0.1) is 12.7 Å². The second-order valence-electron chi connectivity index (χ2n) is 4.89. The number of nitrogens with zero attached hydrogens (tertiary/aromatic N) is 3. The fourth-order valence-electron chi connectivity index (χ4n) is 2.34. The van der Waals surface area contributed by atoms with Crippen molar-refractivity contribution in [2.45, 2.75) is 20.0 Å². The van der Waals surface area contributed by atoms with Crippen LogP contribution in [0.25, 0.3) is 10.8 Å². The molecule has 0 spiro atoms. The van der Waals surface area contributed by atoms with Crippen LogP contribution < -0.4 is 11.3 Å². The Kier molecular flexibility index (Phi) is 3.02. The van der Waals surface area contributed by atoms with Crippen LogP contribution in [-0.2, 0) is 13.1 Å². The van der Waals surface area contributed by atoms with Gasteiger partial charge in [-0.1, -0.05) is 18.2 Å². The van der Waals surface area contributed by atoms with Crippen LogP contribution in [0.4, 0.5) is 5.82 Å². The molecule has 102 valence electrons. The molecule has 5 nitrogen and oxygen atoms in total. The van der Waals surface area contributed by atoms with Gasteiger partial charge < -0.3 is 5.73 Å². The highest BCUT2D eigenvalue weighted by atomic mass is 16.1. The molecule has 0 radical (unpaired) electrons. The Bertz CT molecular complexity index is 816. The predicted molar refractivity (Wildman–Crippen MR) is 79.6 cm³/mol. The lowest BCUT2D eigenvalue weighted by atomic mass is 10.1. The van der Waals surface area contributed by atoms with Crippen molar-refractivity contribution in [3.05, 3.63) is 58.6 Å². The number of fused-ring (bicyclic) bond motifs is 1. The van der Waals surface area contributed by atoms with Crippen LogP contribution in [0.5, 0.6) is 0 Å². The lowest BCUT2D eigenvalue weighted by Crippen LogP contribution is -2.25. The molecule has 20 heavy (non-hydrogen) atoms. The van der Waals surface area contributed by atoms with Crippen molar-refractivity contribution < 1.29 is 0 Å². The molecule has 0 unspecified atom stereocenters. The average molecular weight is 268 g/mol. The first-order valence-electron chi connectivity index (χ1n) is 6.52. The number of aromatic nitrogens is 3. The number of hydrogen-bond acceptors (Lipinski definition) is 3. The highest BCUT2D eigenvalue weighted by Gasteiger charge is 2.06. The molecule has 0 aliphatic carbocycles. The molecule has 1 aromatic carbocycles. The topological polar surface area (TPSA) is 65.8 Å². The van der Waals surface area contributed by atoms with E-state index >= 15 is 0 Å². The van der Waals surface area contributed by atoms with Gasteiger partial charge in [-0.25, -0.2) is 0 Å². The van der Waals surface area contributed by atoms with E-state index in [4.69, 9.17) is 5.73 Å². The van der Waals surface area contributed by atoms with Crippen LogP contribution in [0.2, 0.25) is 0 Å². The molecule has 0 fully saturated rings.